The third kappa shape index (κ3) is 5.04. The second-order valence-electron chi connectivity index (χ2n) is 7.15. The number of nitrogens with one attached hydrogen (secondary N) is 2. The summed E-state index contributed by atoms with van der Waals surface area (Å²) in [5, 5.41) is 18.3. The summed E-state index contributed by atoms with van der Waals surface area (Å²) in [6.07, 6.45) is 2.29. The molecule has 0 spiro atoms. The molecule has 4 rings (SSSR count). The first-order valence-corrected chi connectivity index (χ1v) is 10.8. The van der Waals surface area contributed by atoms with E-state index in [1.54, 1.807) is 28.9 Å². The van der Waals surface area contributed by atoms with E-state index in [1.165, 1.54) is 11.8 Å². The van der Waals surface area contributed by atoms with Gasteiger partial charge in [0.15, 0.2) is 0 Å². The Balaban J connectivity index is 1.33. The lowest BCUT2D eigenvalue weighted by Crippen LogP contribution is -2.27. The first-order valence-electron chi connectivity index (χ1n) is 9.78. The molecule has 1 aliphatic rings. The number of tetrazole rings is 1. The lowest BCUT2D eigenvalue weighted by Gasteiger charge is -2.11. The van der Waals surface area contributed by atoms with Gasteiger partial charge in [0.1, 0.15) is 0 Å². The third-order valence-electron chi connectivity index (χ3n) is 4.61. The van der Waals surface area contributed by atoms with Crippen LogP contribution < -0.4 is 10.6 Å². The van der Waals surface area contributed by atoms with Crippen molar-refractivity contribution in [3.63, 3.8) is 0 Å². The SMILES string of the molecule is Cc1cccc(-n2nnnc2SCCC(=O)Nc2ccccc2C(=O)NC2CC2)c1. The van der Waals surface area contributed by atoms with Crippen LogP contribution in [0.1, 0.15) is 35.2 Å². The van der Waals surface area contributed by atoms with Gasteiger partial charge in [-0.15, -0.1) is 5.10 Å². The van der Waals surface area contributed by atoms with Crippen LogP contribution in [0.3, 0.4) is 0 Å². The number of hydrogen-bond acceptors (Lipinski definition) is 6. The van der Waals surface area contributed by atoms with Crippen LogP contribution in [0.2, 0.25) is 0 Å². The van der Waals surface area contributed by atoms with Crippen LogP contribution in [0, 0.1) is 6.92 Å². The molecular weight excluding hydrogens is 400 g/mol. The minimum absolute atomic E-state index is 0.153. The molecule has 2 aromatic carbocycles. The molecule has 0 radical (unpaired) electrons. The molecule has 0 atom stereocenters. The highest BCUT2D eigenvalue weighted by molar-refractivity contribution is 7.99. The summed E-state index contributed by atoms with van der Waals surface area (Å²) in [6.45, 7) is 2.01. The number of nitrogens with zero attached hydrogens (tertiary/aromatic N) is 4. The van der Waals surface area contributed by atoms with Crippen molar-refractivity contribution in [2.24, 2.45) is 0 Å². The summed E-state index contributed by atoms with van der Waals surface area (Å²) in [7, 11) is 0. The van der Waals surface area contributed by atoms with Crippen molar-refractivity contribution in [1.82, 2.24) is 25.5 Å². The molecule has 0 unspecified atom stereocenters. The molecule has 1 aromatic heterocycles. The number of para-hydroxylation sites is 1. The molecule has 2 amide bonds. The van der Waals surface area contributed by atoms with Crippen molar-refractivity contribution >= 4 is 29.3 Å². The van der Waals surface area contributed by atoms with Gasteiger partial charge in [-0.3, -0.25) is 9.59 Å². The second kappa shape index (κ2) is 9.08. The Morgan fingerprint density at radius 2 is 2.00 bits per heavy atom. The number of rotatable bonds is 8. The van der Waals surface area contributed by atoms with Crippen LogP contribution >= 0.6 is 11.8 Å². The quantitative estimate of drug-likeness (QED) is 0.541. The Hall–Kier alpha value is -3.20. The zero-order chi connectivity index (χ0) is 20.9. The molecular formula is C21H22N6O2S. The highest BCUT2D eigenvalue weighted by atomic mass is 32.2. The van der Waals surface area contributed by atoms with E-state index < -0.39 is 0 Å². The van der Waals surface area contributed by atoms with Crippen molar-refractivity contribution < 1.29 is 9.59 Å². The number of carbonyl (C=O) groups is 2. The Morgan fingerprint density at radius 3 is 2.80 bits per heavy atom. The van der Waals surface area contributed by atoms with Gasteiger partial charge < -0.3 is 10.6 Å². The smallest absolute Gasteiger partial charge is 0.253 e. The van der Waals surface area contributed by atoms with Gasteiger partial charge in [-0.2, -0.15) is 4.68 Å². The van der Waals surface area contributed by atoms with E-state index in [-0.39, 0.29) is 24.3 Å². The van der Waals surface area contributed by atoms with E-state index in [4.69, 9.17) is 0 Å². The van der Waals surface area contributed by atoms with Crippen LogP contribution in [-0.4, -0.2) is 43.8 Å². The summed E-state index contributed by atoms with van der Waals surface area (Å²) >= 11 is 1.41. The molecule has 8 nitrogen and oxygen atoms in total. The molecule has 30 heavy (non-hydrogen) atoms. The predicted molar refractivity (Wildman–Crippen MR) is 115 cm³/mol. The minimum atomic E-state index is -0.163. The Bertz CT molecular complexity index is 1060. The number of benzene rings is 2. The van der Waals surface area contributed by atoms with Crippen LogP contribution in [0.4, 0.5) is 5.69 Å². The summed E-state index contributed by atoms with van der Waals surface area (Å²) in [5.74, 6) is 0.193. The summed E-state index contributed by atoms with van der Waals surface area (Å²) in [4.78, 5) is 24.8. The van der Waals surface area contributed by atoms with Crippen LogP contribution in [0.5, 0.6) is 0 Å². The van der Waals surface area contributed by atoms with Gasteiger partial charge >= 0.3 is 0 Å². The van der Waals surface area contributed by atoms with Gasteiger partial charge in [0.2, 0.25) is 11.1 Å². The number of anilines is 1. The zero-order valence-electron chi connectivity index (χ0n) is 16.5. The molecule has 1 aliphatic carbocycles. The fraction of sp³-hybridized carbons (Fsp3) is 0.286. The van der Waals surface area contributed by atoms with Gasteiger partial charge in [-0.25, -0.2) is 0 Å². The van der Waals surface area contributed by atoms with Gasteiger partial charge in [0, 0.05) is 18.2 Å². The maximum absolute atomic E-state index is 12.4. The van der Waals surface area contributed by atoms with Crippen LogP contribution in [0.15, 0.2) is 53.7 Å². The van der Waals surface area contributed by atoms with E-state index >= 15 is 0 Å². The normalized spacial score (nSPS) is 13.1. The van der Waals surface area contributed by atoms with E-state index in [0.29, 0.717) is 22.2 Å². The molecule has 1 fully saturated rings. The summed E-state index contributed by atoms with van der Waals surface area (Å²) < 4.78 is 1.66. The highest BCUT2D eigenvalue weighted by Gasteiger charge is 2.25. The first kappa shape index (κ1) is 20.1. The standard InChI is InChI=1S/C21H22N6O2S/c1-14-5-4-6-16(13-14)27-21(24-25-26-27)30-12-11-19(28)23-18-8-3-2-7-17(18)20(29)22-15-9-10-15/h2-8,13,15H,9-12H2,1H3,(H,22,29)(H,23,28). The summed E-state index contributed by atoms with van der Waals surface area (Å²) in [6, 6.07) is 15.2. The highest BCUT2D eigenvalue weighted by Crippen LogP contribution is 2.22. The maximum atomic E-state index is 12.4. The molecule has 2 N–H and O–H groups in total. The maximum Gasteiger partial charge on any atom is 0.253 e. The van der Waals surface area contributed by atoms with Crippen molar-refractivity contribution in [2.75, 3.05) is 11.1 Å². The predicted octanol–water partition coefficient (Wildman–Crippen LogP) is 2.98. The Labute approximate surface area is 178 Å². The van der Waals surface area contributed by atoms with Crippen molar-refractivity contribution in [3.05, 3.63) is 59.7 Å². The van der Waals surface area contributed by atoms with Gasteiger partial charge in [0.25, 0.3) is 5.91 Å². The van der Waals surface area contributed by atoms with E-state index in [9.17, 15) is 9.59 Å². The molecule has 9 heteroatoms. The lowest BCUT2D eigenvalue weighted by molar-refractivity contribution is -0.115. The number of thioether (sulfide) groups is 1. The number of carbonyl (C=O) groups excluding carboxylic acids is 2. The Kier molecular flexibility index (Phi) is 6.08. The van der Waals surface area contributed by atoms with Gasteiger partial charge in [-0.1, -0.05) is 36.0 Å². The van der Waals surface area contributed by atoms with Gasteiger partial charge in [-0.05, 0) is 60.0 Å². The number of aromatic nitrogens is 4. The minimum Gasteiger partial charge on any atom is -0.349 e. The molecule has 3 aromatic rings. The van der Waals surface area contributed by atoms with Crippen molar-refractivity contribution in [3.8, 4) is 5.69 Å². The van der Waals surface area contributed by atoms with E-state index in [0.717, 1.165) is 24.1 Å². The molecule has 0 saturated heterocycles. The summed E-state index contributed by atoms with van der Waals surface area (Å²) in [5.41, 5.74) is 2.99. The van der Waals surface area contributed by atoms with Crippen molar-refractivity contribution in [2.45, 2.75) is 37.4 Å². The average molecular weight is 423 g/mol. The fourth-order valence-electron chi connectivity index (χ4n) is 2.92. The van der Waals surface area contributed by atoms with Crippen LogP contribution in [0.25, 0.3) is 5.69 Å². The Morgan fingerprint density at radius 1 is 1.17 bits per heavy atom. The van der Waals surface area contributed by atoms with Crippen LogP contribution in [-0.2, 0) is 4.79 Å². The van der Waals surface area contributed by atoms with Gasteiger partial charge in [0.05, 0.1) is 16.9 Å². The molecule has 0 aliphatic heterocycles. The number of amides is 2. The first-order chi connectivity index (χ1) is 14.6. The number of aryl methyl sites for hydroxylation is 1. The number of hydrogen-bond donors (Lipinski definition) is 2. The molecule has 1 saturated carbocycles. The molecule has 1 heterocycles. The van der Waals surface area contributed by atoms with E-state index in [1.807, 2.05) is 31.2 Å². The van der Waals surface area contributed by atoms with Crippen molar-refractivity contribution in [1.29, 1.82) is 0 Å². The molecule has 0 bridgehead atoms. The third-order valence-corrected chi connectivity index (χ3v) is 5.53. The zero-order valence-corrected chi connectivity index (χ0v) is 17.4. The fourth-order valence-corrected chi connectivity index (χ4v) is 3.75. The monoisotopic (exact) mass is 422 g/mol. The topological polar surface area (TPSA) is 102 Å². The lowest BCUT2D eigenvalue weighted by atomic mass is 10.1. The molecule has 154 valence electrons. The largest absolute Gasteiger partial charge is 0.349 e. The second-order valence-corrected chi connectivity index (χ2v) is 8.21. The van der Waals surface area contributed by atoms with E-state index in [2.05, 4.69) is 26.2 Å². The average Bonchev–Trinajstić information content (AvgIpc) is 3.42.